The zero-order chi connectivity index (χ0) is 10.5. The van der Waals surface area contributed by atoms with Gasteiger partial charge in [0.2, 0.25) is 5.69 Å². The van der Waals surface area contributed by atoms with Crippen LogP contribution < -0.4 is 0 Å². The first-order chi connectivity index (χ1) is 5.83. The summed E-state index contributed by atoms with van der Waals surface area (Å²) in [4.78, 5) is 9.68. The van der Waals surface area contributed by atoms with Gasteiger partial charge in [0.1, 0.15) is 0 Å². The summed E-state index contributed by atoms with van der Waals surface area (Å²) in [5.41, 5.74) is -2.55. The molecule has 0 heterocycles. The predicted octanol–water partition coefficient (Wildman–Crippen LogP) is 2.08. The first-order valence-electron chi connectivity index (χ1n) is 4.45. The Kier molecular flexibility index (Phi) is 10.9. The first kappa shape index (κ1) is 17.8. The van der Waals surface area contributed by atoms with Crippen molar-refractivity contribution in [3.8, 4) is 0 Å². The summed E-state index contributed by atoms with van der Waals surface area (Å²) in [6, 6.07) is 0. The van der Waals surface area contributed by atoms with Crippen LogP contribution in [0.5, 0.6) is 0 Å². The van der Waals surface area contributed by atoms with Gasteiger partial charge in [0.05, 0.1) is 6.61 Å². The Balaban J connectivity index is 0. The van der Waals surface area contributed by atoms with E-state index in [1.807, 2.05) is 13.8 Å². The van der Waals surface area contributed by atoms with Gasteiger partial charge in [-0.25, -0.2) is 0 Å². The maximum Gasteiger partial charge on any atom is 0.244 e. The van der Waals surface area contributed by atoms with Gasteiger partial charge < -0.3 is 9.42 Å². The minimum absolute atomic E-state index is 0. The van der Waals surface area contributed by atoms with Gasteiger partial charge in [0.15, 0.2) is 17.4 Å². The molecule has 0 fully saturated rings. The summed E-state index contributed by atoms with van der Waals surface area (Å²) in [7, 11) is 0. The SMILES string of the molecule is CC(C)COP(O)(=S)SCC(C)C.[AlH3]. The fourth-order valence-electron chi connectivity index (χ4n) is 0.524. The van der Waals surface area contributed by atoms with Gasteiger partial charge in [0, 0.05) is 5.75 Å². The number of hydrogen-bond donors (Lipinski definition) is 1. The van der Waals surface area contributed by atoms with Crippen LogP contribution in [0.1, 0.15) is 27.7 Å². The van der Waals surface area contributed by atoms with Gasteiger partial charge in [0.25, 0.3) is 0 Å². The minimum Gasteiger partial charge on any atom is -0.337 e. The van der Waals surface area contributed by atoms with Crippen molar-refractivity contribution >= 4 is 46.2 Å². The Morgan fingerprint density at radius 1 is 1.29 bits per heavy atom. The lowest BCUT2D eigenvalue weighted by Gasteiger charge is -2.17. The van der Waals surface area contributed by atoms with E-state index in [0.717, 1.165) is 5.75 Å². The molecule has 0 aromatic rings. The maximum absolute atomic E-state index is 9.68. The molecule has 14 heavy (non-hydrogen) atoms. The molecular formula is C8H22AlO2PS2. The highest BCUT2D eigenvalue weighted by Crippen LogP contribution is 2.56. The van der Waals surface area contributed by atoms with Crippen molar-refractivity contribution in [1.29, 1.82) is 0 Å². The Hall–Kier alpha value is 1.45. The quantitative estimate of drug-likeness (QED) is 0.592. The second-order valence-corrected chi connectivity index (χ2v) is 10.1. The molecule has 1 atom stereocenters. The molecule has 1 unspecified atom stereocenters. The highest BCUT2D eigenvalue weighted by molar-refractivity contribution is 8.67. The van der Waals surface area contributed by atoms with Crippen molar-refractivity contribution in [2.24, 2.45) is 11.8 Å². The highest BCUT2D eigenvalue weighted by Gasteiger charge is 2.15. The van der Waals surface area contributed by atoms with E-state index in [9.17, 15) is 4.89 Å². The van der Waals surface area contributed by atoms with Crippen molar-refractivity contribution in [3.63, 3.8) is 0 Å². The van der Waals surface area contributed by atoms with Crippen molar-refractivity contribution in [2.45, 2.75) is 27.7 Å². The first-order valence-corrected chi connectivity index (χ1v) is 8.71. The van der Waals surface area contributed by atoms with Crippen LogP contribution in [0.25, 0.3) is 0 Å². The molecule has 0 amide bonds. The third-order valence-electron chi connectivity index (χ3n) is 1.14. The van der Waals surface area contributed by atoms with Crippen molar-refractivity contribution < 1.29 is 9.42 Å². The third kappa shape index (κ3) is 11.5. The summed E-state index contributed by atoms with van der Waals surface area (Å²) in [6.45, 7) is 8.85. The van der Waals surface area contributed by atoms with Gasteiger partial charge in [-0.2, -0.15) is 0 Å². The van der Waals surface area contributed by atoms with Crippen molar-refractivity contribution in [2.75, 3.05) is 12.4 Å². The van der Waals surface area contributed by atoms with Crippen molar-refractivity contribution in [1.82, 2.24) is 0 Å². The lowest BCUT2D eigenvalue weighted by Crippen LogP contribution is -1.99. The molecule has 0 bridgehead atoms. The molecule has 86 valence electrons. The maximum atomic E-state index is 9.68. The van der Waals surface area contributed by atoms with Crippen LogP contribution in [0.3, 0.4) is 0 Å². The Morgan fingerprint density at radius 3 is 2.14 bits per heavy atom. The van der Waals surface area contributed by atoms with Crippen LogP contribution in [0.15, 0.2) is 0 Å². The molecule has 1 N–H and O–H groups in total. The van der Waals surface area contributed by atoms with Crippen LogP contribution in [0, 0.1) is 11.8 Å². The molecule has 2 nitrogen and oxygen atoms in total. The van der Waals surface area contributed by atoms with Crippen LogP contribution >= 0.6 is 17.1 Å². The molecule has 0 rings (SSSR count). The van der Waals surface area contributed by atoms with E-state index in [2.05, 4.69) is 13.8 Å². The molecule has 0 aromatic carbocycles. The summed E-state index contributed by atoms with van der Waals surface area (Å²) in [5, 5.41) is 0. The van der Waals surface area contributed by atoms with E-state index >= 15 is 0 Å². The third-order valence-corrected chi connectivity index (χ3v) is 5.77. The van der Waals surface area contributed by atoms with Crippen LogP contribution in [-0.4, -0.2) is 34.6 Å². The molecule has 0 aliphatic heterocycles. The van der Waals surface area contributed by atoms with Crippen LogP contribution in [0.2, 0.25) is 0 Å². The second kappa shape index (κ2) is 8.59. The van der Waals surface area contributed by atoms with Crippen LogP contribution in [0.4, 0.5) is 0 Å². The van der Waals surface area contributed by atoms with E-state index in [0.29, 0.717) is 18.4 Å². The van der Waals surface area contributed by atoms with Crippen LogP contribution in [-0.2, 0) is 16.3 Å². The average molecular weight is 272 g/mol. The van der Waals surface area contributed by atoms with E-state index in [4.69, 9.17) is 16.3 Å². The largest absolute Gasteiger partial charge is 0.337 e. The summed E-state index contributed by atoms with van der Waals surface area (Å²) < 4.78 is 5.29. The Bertz CT molecular complexity index is 172. The zero-order valence-electron chi connectivity index (χ0n) is 8.69. The van der Waals surface area contributed by atoms with E-state index in [1.165, 1.54) is 11.4 Å². The second-order valence-electron chi connectivity index (χ2n) is 3.85. The summed E-state index contributed by atoms with van der Waals surface area (Å²) in [5.74, 6) is 1.84. The molecule has 0 aliphatic carbocycles. The molecule has 0 spiro atoms. The molecule has 0 saturated heterocycles. The smallest absolute Gasteiger partial charge is 0.244 e. The van der Waals surface area contributed by atoms with Crippen molar-refractivity contribution in [3.05, 3.63) is 0 Å². The van der Waals surface area contributed by atoms with Gasteiger partial charge in [-0.3, -0.25) is 0 Å². The minimum atomic E-state index is -2.55. The molecule has 0 aliphatic rings. The van der Waals surface area contributed by atoms with E-state index in [1.54, 1.807) is 0 Å². The fourth-order valence-corrected chi connectivity index (χ4v) is 4.17. The normalized spacial score (nSPS) is 15.4. The average Bonchev–Trinajstić information content (AvgIpc) is 1.98. The predicted molar refractivity (Wildman–Crippen MR) is 74.5 cm³/mol. The lowest BCUT2D eigenvalue weighted by atomic mass is 10.2. The summed E-state index contributed by atoms with van der Waals surface area (Å²) >= 11 is 6.38. The van der Waals surface area contributed by atoms with Gasteiger partial charge in [-0.1, -0.05) is 39.1 Å². The molecule has 0 aromatic heterocycles. The van der Waals surface area contributed by atoms with Gasteiger partial charge in [-0.05, 0) is 23.6 Å². The van der Waals surface area contributed by atoms with E-state index in [-0.39, 0.29) is 17.4 Å². The van der Waals surface area contributed by atoms with Gasteiger partial charge in [-0.15, -0.1) is 0 Å². The molecular weight excluding hydrogens is 250 g/mol. The molecule has 6 heteroatoms. The lowest BCUT2D eigenvalue weighted by molar-refractivity contribution is 0.275. The van der Waals surface area contributed by atoms with E-state index < -0.39 is 5.69 Å². The highest BCUT2D eigenvalue weighted by atomic mass is 32.9. The monoisotopic (exact) mass is 272 g/mol. The standard InChI is InChI=1S/C8H19O2PS2.Al.3H/c1-7(2)5-10-11(9,12)13-6-8(3)4;;;;/h7-8H,5-6H2,1-4H3,(H,9,12);;;;. The number of rotatable bonds is 6. The van der Waals surface area contributed by atoms with Gasteiger partial charge >= 0.3 is 0 Å². The topological polar surface area (TPSA) is 29.5 Å². The fraction of sp³-hybridized carbons (Fsp3) is 1.00. The summed E-state index contributed by atoms with van der Waals surface area (Å²) in [6.07, 6.45) is 0. The number of hydrogen-bond acceptors (Lipinski definition) is 3. The molecule has 0 saturated carbocycles. The zero-order valence-corrected chi connectivity index (χ0v) is 11.2. The molecule has 0 radical (unpaired) electrons. The Labute approximate surface area is 107 Å². The Morgan fingerprint density at radius 2 is 1.79 bits per heavy atom.